The van der Waals surface area contributed by atoms with Gasteiger partial charge in [-0.2, -0.15) is 9.97 Å². The summed E-state index contributed by atoms with van der Waals surface area (Å²) in [4.78, 5) is 31.4. The Balaban J connectivity index is 1.17. The fraction of sp³-hybridized carbons (Fsp3) is 0.514. The molecule has 0 bridgehead atoms. The van der Waals surface area contributed by atoms with Crippen LogP contribution in [0.5, 0.6) is 6.01 Å². The first-order chi connectivity index (χ1) is 21.4. The Kier molecular flexibility index (Phi) is 7.91. The molecule has 3 aromatic rings. The van der Waals surface area contributed by atoms with E-state index >= 15 is 0 Å². The zero-order chi connectivity index (χ0) is 30.3. The number of rotatable bonds is 8. The summed E-state index contributed by atoms with van der Waals surface area (Å²) in [6.07, 6.45) is 8.46. The van der Waals surface area contributed by atoms with E-state index in [0.717, 1.165) is 53.0 Å². The number of piperazine rings is 1. The van der Waals surface area contributed by atoms with E-state index in [-0.39, 0.29) is 17.1 Å². The number of hydrogen-bond acceptors (Lipinski definition) is 7. The molecule has 3 aliphatic heterocycles. The van der Waals surface area contributed by atoms with E-state index in [1.807, 2.05) is 30.0 Å². The molecule has 8 nitrogen and oxygen atoms in total. The average Bonchev–Trinajstić information content (AvgIpc) is 3.84. The van der Waals surface area contributed by atoms with Gasteiger partial charge >= 0.3 is 6.01 Å². The van der Waals surface area contributed by atoms with Crippen molar-refractivity contribution in [1.29, 1.82) is 0 Å². The molecule has 1 aromatic heterocycles. The molecule has 7 rings (SSSR count). The molecule has 1 saturated carbocycles. The molecule has 0 atom stereocenters. The standard InChI is InChI=1S/C35H43FN6O2/c1-3-31(43)40-18-20-41(21-19-40)33-27-12-17-42(30-9-7-8-26-10-11-28(36)25(2)32(26)30)22-29(27)37-34(38-33)44-24-35(13-14-35)23-39-15-5-4-6-16-39/h3,7-11H,1,4-6,12-24H2,2H3. The maximum Gasteiger partial charge on any atom is 0.318 e. The van der Waals surface area contributed by atoms with Crippen molar-refractivity contribution in [2.75, 3.05) is 68.8 Å². The second-order valence-corrected chi connectivity index (χ2v) is 13.1. The smallest absolute Gasteiger partial charge is 0.318 e. The summed E-state index contributed by atoms with van der Waals surface area (Å²) in [5.41, 5.74) is 4.02. The molecule has 0 N–H and O–H groups in total. The van der Waals surface area contributed by atoms with Crippen molar-refractivity contribution in [3.8, 4) is 6.01 Å². The van der Waals surface area contributed by atoms with Crippen LogP contribution in [0, 0.1) is 18.2 Å². The summed E-state index contributed by atoms with van der Waals surface area (Å²) in [7, 11) is 0. The summed E-state index contributed by atoms with van der Waals surface area (Å²) in [5.74, 6) is 0.714. The zero-order valence-corrected chi connectivity index (χ0v) is 25.9. The molecule has 1 aliphatic carbocycles. The fourth-order valence-electron chi connectivity index (χ4n) is 7.30. The fourth-order valence-corrected chi connectivity index (χ4v) is 7.30. The zero-order valence-electron chi connectivity index (χ0n) is 25.9. The Morgan fingerprint density at radius 3 is 2.55 bits per heavy atom. The number of fused-ring (bicyclic) bond motifs is 2. The van der Waals surface area contributed by atoms with E-state index in [0.29, 0.717) is 50.9 Å². The lowest BCUT2D eigenvalue weighted by Gasteiger charge is -2.38. The van der Waals surface area contributed by atoms with Crippen LogP contribution >= 0.6 is 0 Å². The predicted octanol–water partition coefficient (Wildman–Crippen LogP) is 5.12. The monoisotopic (exact) mass is 598 g/mol. The molecular formula is C35H43FN6O2. The predicted molar refractivity (Wildman–Crippen MR) is 172 cm³/mol. The van der Waals surface area contributed by atoms with Crippen LogP contribution < -0.4 is 14.5 Å². The van der Waals surface area contributed by atoms with Gasteiger partial charge in [-0.25, -0.2) is 4.39 Å². The molecule has 2 aromatic carbocycles. The molecule has 4 aliphatic rings. The molecule has 3 fully saturated rings. The summed E-state index contributed by atoms with van der Waals surface area (Å²) in [6.45, 7) is 13.7. The van der Waals surface area contributed by atoms with Gasteiger partial charge in [0.25, 0.3) is 0 Å². The highest BCUT2D eigenvalue weighted by Gasteiger charge is 2.45. The van der Waals surface area contributed by atoms with Gasteiger partial charge in [0, 0.05) is 61.3 Å². The van der Waals surface area contributed by atoms with Gasteiger partial charge in [-0.15, -0.1) is 0 Å². The maximum absolute atomic E-state index is 14.7. The second kappa shape index (κ2) is 12.0. The Morgan fingerprint density at radius 1 is 1.00 bits per heavy atom. The number of piperidine rings is 1. The lowest BCUT2D eigenvalue weighted by Crippen LogP contribution is -2.49. The van der Waals surface area contributed by atoms with E-state index < -0.39 is 0 Å². The van der Waals surface area contributed by atoms with Crippen molar-refractivity contribution < 1.29 is 13.9 Å². The third kappa shape index (κ3) is 5.74. The first-order valence-electron chi connectivity index (χ1n) is 16.3. The van der Waals surface area contributed by atoms with Gasteiger partial charge in [-0.05, 0) is 81.3 Å². The number of nitrogens with zero attached hydrogens (tertiary/aromatic N) is 6. The van der Waals surface area contributed by atoms with Crippen LogP contribution in [-0.4, -0.2) is 84.6 Å². The Hall–Kier alpha value is -3.72. The molecule has 2 saturated heterocycles. The van der Waals surface area contributed by atoms with Crippen molar-refractivity contribution in [2.24, 2.45) is 5.41 Å². The van der Waals surface area contributed by atoms with Crippen molar-refractivity contribution in [2.45, 2.75) is 52.0 Å². The number of anilines is 2. The molecular weight excluding hydrogens is 555 g/mol. The van der Waals surface area contributed by atoms with E-state index in [4.69, 9.17) is 14.7 Å². The van der Waals surface area contributed by atoms with Crippen molar-refractivity contribution in [3.05, 3.63) is 65.6 Å². The van der Waals surface area contributed by atoms with Crippen molar-refractivity contribution in [3.63, 3.8) is 0 Å². The quantitative estimate of drug-likeness (QED) is 0.334. The number of benzene rings is 2. The summed E-state index contributed by atoms with van der Waals surface area (Å²) in [6, 6.07) is 10.0. The molecule has 1 amide bonds. The second-order valence-electron chi connectivity index (χ2n) is 13.1. The number of aryl methyl sites for hydroxylation is 1. The highest BCUT2D eigenvalue weighted by Crippen LogP contribution is 2.47. The highest BCUT2D eigenvalue weighted by atomic mass is 19.1. The number of halogens is 1. The summed E-state index contributed by atoms with van der Waals surface area (Å²) >= 11 is 0. The van der Waals surface area contributed by atoms with Crippen LogP contribution in [0.3, 0.4) is 0 Å². The van der Waals surface area contributed by atoms with Crippen LogP contribution in [0.25, 0.3) is 10.8 Å². The van der Waals surface area contributed by atoms with Crippen molar-refractivity contribution in [1.82, 2.24) is 19.8 Å². The molecule has 0 unspecified atom stereocenters. The molecule has 44 heavy (non-hydrogen) atoms. The lowest BCUT2D eigenvalue weighted by atomic mass is 9.99. The minimum absolute atomic E-state index is 0.0284. The average molecular weight is 599 g/mol. The third-order valence-electron chi connectivity index (χ3n) is 10.1. The number of amides is 1. The van der Waals surface area contributed by atoms with Gasteiger partial charge in [0.15, 0.2) is 0 Å². The summed E-state index contributed by atoms with van der Waals surface area (Å²) in [5, 5.41) is 1.99. The largest absolute Gasteiger partial charge is 0.463 e. The van der Waals surface area contributed by atoms with E-state index in [1.54, 1.807) is 6.07 Å². The lowest BCUT2D eigenvalue weighted by molar-refractivity contribution is -0.126. The summed E-state index contributed by atoms with van der Waals surface area (Å²) < 4.78 is 21.2. The van der Waals surface area contributed by atoms with Crippen LogP contribution in [0.15, 0.2) is 43.0 Å². The topological polar surface area (TPSA) is 65.0 Å². The van der Waals surface area contributed by atoms with Crippen molar-refractivity contribution >= 4 is 28.2 Å². The SMILES string of the molecule is C=CC(=O)N1CCN(c2nc(OCC3(CN4CCCCC4)CC3)nc3c2CCN(c2cccc4ccc(F)c(C)c24)C3)CC1. The Labute approximate surface area is 259 Å². The number of ether oxygens (including phenoxy) is 1. The molecule has 0 spiro atoms. The van der Waals surface area contributed by atoms with E-state index in [9.17, 15) is 9.18 Å². The number of likely N-dealkylation sites (tertiary alicyclic amines) is 1. The highest BCUT2D eigenvalue weighted by molar-refractivity contribution is 5.97. The van der Waals surface area contributed by atoms with Gasteiger partial charge in [0.05, 0.1) is 18.8 Å². The minimum Gasteiger partial charge on any atom is -0.463 e. The minimum atomic E-state index is -0.185. The van der Waals surface area contributed by atoms with Gasteiger partial charge in [-0.1, -0.05) is 31.2 Å². The Bertz CT molecular complexity index is 1560. The van der Waals surface area contributed by atoms with Gasteiger partial charge in [0.2, 0.25) is 5.91 Å². The van der Waals surface area contributed by atoms with E-state index in [1.165, 1.54) is 51.3 Å². The maximum atomic E-state index is 14.7. The molecule has 232 valence electrons. The van der Waals surface area contributed by atoms with Gasteiger partial charge < -0.3 is 24.3 Å². The van der Waals surface area contributed by atoms with E-state index in [2.05, 4.69) is 27.3 Å². The molecule has 9 heteroatoms. The van der Waals surface area contributed by atoms with Crippen LogP contribution in [0.4, 0.5) is 15.9 Å². The van der Waals surface area contributed by atoms with Crippen LogP contribution in [0.2, 0.25) is 0 Å². The third-order valence-corrected chi connectivity index (χ3v) is 10.1. The van der Waals surface area contributed by atoms with Crippen LogP contribution in [0.1, 0.15) is 48.9 Å². The normalized spacial score (nSPS) is 20.0. The number of hydrogen-bond donors (Lipinski definition) is 0. The van der Waals surface area contributed by atoms with Gasteiger partial charge in [-0.3, -0.25) is 4.79 Å². The number of aromatic nitrogens is 2. The number of carbonyl (C=O) groups excluding carboxylic acids is 1. The first-order valence-corrected chi connectivity index (χ1v) is 16.3. The molecule has 4 heterocycles. The van der Waals surface area contributed by atoms with Gasteiger partial charge in [0.1, 0.15) is 11.6 Å². The Morgan fingerprint density at radius 2 is 1.80 bits per heavy atom. The molecule has 0 radical (unpaired) electrons. The first kappa shape index (κ1) is 29.0. The van der Waals surface area contributed by atoms with Crippen LogP contribution in [-0.2, 0) is 17.8 Å². The number of carbonyl (C=O) groups is 1.